The lowest BCUT2D eigenvalue weighted by atomic mass is 10.1. The number of Topliss-reactive ketones (excluding diaryl/α,β-unsaturated/α-hetero) is 1. The molecule has 1 aromatic rings. The molecule has 0 spiro atoms. The monoisotopic (exact) mass is 205 g/mol. The fourth-order valence-corrected chi connectivity index (χ4v) is 1.76. The topological polar surface area (TPSA) is 56.3 Å². The molecule has 0 amide bonds. The molecule has 78 valence electrons. The van der Waals surface area contributed by atoms with Gasteiger partial charge < -0.3 is 4.74 Å². The number of fused-ring (bicyclic) bond motifs is 1. The molecule has 4 nitrogen and oxygen atoms in total. The van der Waals surface area contributed by atoms with Gasteiger partial charge in [-0.3, -0.25) is 14.6 Å². The summed E-state index contributed by atoms with van der Waals surface area (Å²) in [7, 11) is 0. The van der Waals surface area contributed by atoms with E-state index in [2.05, 4.69) is 4.98 Å². The summed E-state index contributed by atoms with van der Waals surface area (Å²) >= 11 is 0. The van der Waals surface area contributed by atoms with Crippen LogP contribution in [0, 0.1) is 5.92 Å². The number of ketones is 1. The molecule has 0 unspecified atom stereocenters. The fraction of sp³-hybridized carbons (Fsp3) is 0.364. The Morgan fingerprint density at radius 3 is 3.13 bits per heavy atom. The quantitative estimate of drug-likeness (QED) is 0.534. The van der Waals surface area contributed by atoms with Gasteiger partial charge in [0.05, 0.1) is 6.61 Å². The molecule has 15 heavy (non-hydrogen) atoms. The van der Waals surface area contributed by atoms with Crippen molar-refractivity contribution in [3.05, 3.63) is 29.6 Å². The lowest BCUT2D eigenvalue weighted by Crippen LogP contribution is -2.23. The van der Waals surface area contributed by atoms with Crippen LogP contribution in [0.15, 0.2) is 18.5 Å². The average Bonchev–Trinajstić information content (AvgIpc) is 2.57. The Balaban J connectivity index is 2.24. The van der Waals surface area contributed by atoms with Gasteiger partial charge in [-0.2, -0.15) is 0 Å². The first-order valence-corrected chi connectivity index (χ1v) is 4.87. The molecule has 1 heterocycles. The molecule has 0 N–H and O–H groups in total. The second-order valence-electron chi connectivity index (χ2n) is 3.41. The standard InChI is InChI=1S/C11H11NO3/c1-2-15-11(14)8-5-7-3-4-12-6-9(7)10(8)13/h3-4,6,8H,2,5H2,1H3/t8-/m0/s1. The van der Waals surface area contributed by atoms with Gasteiger partial charge in [0.2, 0.25) is 0 Å². The summed E-state index contributed by atoms with van der Waals surface area (Å²) in [6.07, 6.45) is 3.58. The van der Waals surface area contributed by atoms with Gasteiger partial charge in [0.1, 0.15) is 5.92 Å². The smallest absolute Gasteiger partial charge is 0.317 e. The van der Waals surface area contributed by atoms with Gasteiger partial charge in [0.25, 0.3) is 0 Å². The average molecular weight is 205 g/mol. The number of carbonyl (C=O) groups excluding carboxylic acids is 2. The molecule has 1 aliphatic carbocycles. The number of hydrogen-bond acceptors (Lipinski definition) is 4. The Hall–Kier alpha value is -1.71. The van der Waals surface area contributed by atoms with Crippen molar-refractivity contribution in [1.82, 2.24) is 4.98 Å². The summed E-state index contributed by atoms with van der Waals surface area (Å²) in [4.78, 5) is 27.1. The van der Waals surface area contributed by atoms with Crippen LogP contribution < -0.4 is 0 Å². The Morgan fingerprint density at radius 1 is 1.67 bits per heavy atom. The van der Waals surface area contributed by atoms with E-state index in [1.165, 1.54) is 6.20 Å². The third-order valence-corrected chi connectivity index (χ3v) is 2.49. The summed E-state index contributed by atoms with van der Waals surface area (Å²) in [6.45, 7) is 2.03. The van der Waals surface area contributed by atoms with Crippen LogP contribution in [0.5, 0.6) is 0 Å². The lowest BCUT2D eigenvalue weighted by molar-refractivity contribution is -0.145. The first-order valence-electron chi connectivity index (χ1n) is 4.87. The molecule has 1 aliphatic rings. The molecule has 0 radical (unpaired) electrons. The molecule has 0 saturated heterocycles. The summed E-state index contributed by atoms with van der Waals surface area (Å²) < 4.78 is 4.85. The Labute approximate surface area is 87.3 Å². The SMILES string of the molecule is CCOC(=O)[C@H]1Cc2ccncc2C1=O. The molecule has 1 atom stereocenters. The highest BCUT2D eigenvalue weighted by Gasteiger charge is 2.36. The highest BCUT2D eigenvalue weighted by molar-refractivity contribution is 6.12. The van der Waals surface area contributed by atoms with E-state index in [1.54, 1.807) is 19.2 Å². The Morgan fingerprint density at radius 2 is 2.47 bits per heavy atom. The number of esters is 1. The third-order valence-electron chi connectivity index (χ3n) is 2.49. The largest absolute Gasteiger partial charge is 0.465 e. The van der Waals surface area contributed by atoms with Crippen molar-refractivity contribution >= 4 is 11.8 Å². The fourth-order valence-electron chi connectivity index (χ4n) is 1.76. The third kappa shape index (κ3) is 1.63. The van der Waals surface area contributed by atoms with E-state index < -0.39 is 11.9 Å². The highest BCUT2D eigenvalue weighted by atomic mass is 16.5. The van der Waals surface area contributed by atoms with Gasteiger partial charge in [-0.05, 0) is 25.0 Å². The summed E-state index contributed by atoms with van der Waals surface area (Å²) in [5, 5.41) is 0. The van der Waals surface area contributed by atoms with Crippen LogP contribution in [0.3, 0.4) is 0 Å². The predicted molar refractivity (Wildman–Crippen MR) is 52.4 cm³/mol. The second-order valence-corrected chi connectivity index (χ2v) is 3.41. The molecule has 0 bridgehead atoms. The van der Waals surface area contributed by atoms with Crippen LogP contribution in [-0.2, 0) is 16.0 Å². The number of nitrogens with zero attached hydrogens (tertiary/aromatic N) is 1. The van der Waals surface area contributed by atoms with Gasteiger partial charge in [0, 0.05) is 18.0 Å². The van der Waals surface area contributed by atoms with Crippen molar-refractivity contribution in [2.45, 2.75) is 13.3 Å². The Kier molecular flexibility index (Phi) is 2.49. The predicted octanol–water partition coefficient (Wildman–Crippen LogP) is 1.000. The van der Waals surface area contributed by atoms with Crippen molar-refractivity contribution in [2.24, 2.45) is 5.92 Å². The molecular formula is C11H11NO3. The zero-order valence-electron chi connectivity index (χ0n) is 8.40. The van der Waals surface area contributed by atoms with Crippen LogP contribution in [0.2, 0.25) is 0 Å². The van der Waals surface area contributed by atoms with Crippen molar-refractivity contribution in [3.8, 4) is 0 Å². The van der Waals surface area contributed by atoms with Gasteiger partial charge in [-0.1, -0.05) is 0 Å². The van der Waals surface area contributed by atoms with Crippen LogP contribution in [0.1, 0.15) is 22.8 Å². The van der Waals surface area contributed by atoms with Gasteiger partial charge in [-0.25, -0.2) is 0 Å². The minimum Gasteiger partial charge on any atom is -0.465 e. The minimum absolute atomic E-state index is 0.170. The van der Waals surface area contributed by atoms with Gasteiger partial charge in [0.15, 0.2) is 5.78 Å². The first kappa shape index (κ1) is 9.83. The van der Waals surface area contributed by atoms with Crippen LogP contribution >= 0.6 is 0 Å². The van der Waals surface area contributed by atoms with E-state index >= 15 is 0 Å². The highest BCUT2D eigenvalue weighted by Crippen LogP contribution is 2.26. The number of ether oxygens (including phenoxy) is 1. The zero-order chi connectivity index (χ0) is 10.8. The van der Waals surface area contributed by atoms with Crippen molar-refractivity contribution in [1.29, 1.82) is 0 Å². The summed E-state index contributed by atoms with van der Waals surface area (Å²) in [6, 6.07) is 1.77. The summed E-state index contributed by atoms with van der Waals surface area (Å²) in [5.41, 5.74) is 1.43. The molecular weight excluding hydrogens is 194 g/mol. The molecule has 0 fully saturated rings. The van der Waals surface area contributed by atoms with Crippen LogP contribution in [-0.4, -0.2) is 23.3 Å². The number of aromatic nitrogens is 1. The van der Waals surface area contributed by atoms with E-state index in [0.717, 1.165) is 5.56 Å². The maximum atomic E-state index is 11.8. The van der Waals surface area contributed by atoms with E-state index in [-0.39, 0.29) is 5.78 Å². The minimum atomic E-state index is -0.663. The number of hydrogen-bond donors (Lipinski definition) is 0. The zero-order valence-corrected chi connectivity index (χ0v) is 8.40. The van der Waals surface area contributed by atoms with Gasteiger partial charge >= 0.3 is 5.97 Å². The van der Waals surface area contributed by atoms with Crippen LogP contribution in [0.25, 0.3) is 0 Å². The maximum Gasteiger partial charge on any atom is 0.317 e. The molecule has 1 aromatic heterocycles. The molecule has 0 aliphatic heterocycles. The maximum absolute atomic E-state index is 11.8. The van der Waals surface area contributed by atoms with Crippen molar-refractivity contribution < 1.29 is 14.3 Å². The molecule has 4 heteroatoms. The van der Waals surface area contributed by atoms with E-state index in [0.29, 0.717) is 18.6 Å². The molecule has 0 aromatic carbocycles. The molecule has 2 rings (SSSR count). The number of carbonyl (C=O) groups is 2. The van der Waals surface area contributed by atoms with E-state index in [4.69, 9.17) is 4.74 Å². The van der Waals surface area contributed by atoms with Gasteiger partial charge in [-0.15, -0.1) is 0 Å². The lowest BCUT2D eigenvalue weighted by Gasteiger charge is -2.05. The van der Waals surface area contributed by atoms with E-state index in [1.807, 2.05) is 0 Å². The van der Waals surface area contributed by atoms with Crippen molar-refractivity contribution in [2.75, 3.05) is 6.61 Å². The first-order chi connectivity index (χ1) is 7.24. The Bertz CT molecular complexity index is 414. The van der Waals surface area contributed by atoms with Crippen LogP contribution in [0.4, 0.5) is 0 Å². The number of pyridine rings is 1. The van der Waals surface area contributed by atoms with E-state index in [9.17, 15) is 9.59 Å². The summed E-state index contributed by atoms with van der Waals surface area (Å²) in [5.74, 6) is -1.26. The van der Waals surface area contributed by atoms with Crippen molar-refractivity contribution in [3.63, 3.8) is 0 Å². The number of rotatable bonds is 2. The normalized spacial score (nSPS) is 18.7. The molecule has 0 saturated carbocycles. The second kappa shape index (κ2) is 3.81.